The summed E-state index contributed by atoms with van der Waals surface area (Å²) in [6.07, 6.45) is 1.56. The third-order valence-corrected chi connectivity index (χ3v) is 5.46. The number of non-ortho nitro benzene ring substituents is 1. The van der Waals surface area contributed by atoms with Gasteiger partial charge in [-0.2, -0.15) is 0 Å². The number of amides is 1. The van der Waals surface area contributed by atoms with E-state index in [0.29, 0.717) is 11.5 Å². The molecule has 2 aromatic carbocycles. The third-order valence-electron chi connectivity index (χ3n) is 4.50. The molecule has 0 saturated carbocycles. The normalized spacial score (nSPS) is 10.4. The van der Waals surface area contributed by atoms with Crippen molar-refractivity contribution in [2.24, 2.45) is 0 Å². The maximum Gasteiger partial charge on any atom is 0.338 e. The van der Waals surface area contributed by atoms with Crippen molar-refractivity contribution < 1.29 is 33.2 Å². The van der Waals surface area contributed by atoms with Gasteiger partial charge in [-0.05, 0) is 42.5 Å². The van der Waals surface area contributed by atoms with Crippen molar-refractivity contribution >= 4 is 40.8 Å². The number of nitro benzene ring substituents is 1. The Hall–Kier alpha value is -4.12. The SMILES string of the molecule is COc1ccc(C(=O)OCC(=O)c2ccc([N+](=O)[O-])cc2)cc1NC(=O)CSCc1ccco1. The summed E-state index contributed by atoms with van der Waals surface area (Å²) in [7, 11) is 1.43. The molecule has 0 unspecified atom stereocenters. The standard InChI is InChI=1S/C23H20N2O8S/c1-31-21-9-6-16(11-19(21)24-22(27)14-34-13-18-3-2-10-32-18)23(28)33-12-20(26)15-4-7-17(8-5-15)25(29)30/h2-11H,12-14H2,1H3,(H,24,27). The van der Waals surface area contributed by atoms with Gasteiger partial charge in [0.15, 0.2) is 12.4 Å². The smallest absolute Gasteiger partial charge is 0.338 e. The lowest BCUT2D eigenvalue weighted by Gasteiger charge is -2.12. The van der Waals surface area contributed by atoms with Gasteiger partial charge in [-0.3, -0.25) is 19.7 Å². The Morgan fingerprint density at radius 2 is 1.82 bits per heavy atom. The van der Waals surface area contributed by atoms with Gasteiger partial charge < -0.3 is 19.2 Å². The maximum atomic E-state index is 12.4. The molecule has 176 valence electrons. The number of hydrogen-bond acceptors (Lipinski definition) is 9. The second-order valence-electron chi connectivity index (χ2n) is 6.84. The summed E-state index contributed by atoms with van der Waals surface area (Å²) in [6.45, 7) is -0.548. The number of methoxy groups -OCH3 is 1. The number of benzene rings is 2. The minimum Gasteiger partial charge on any atom is -0.495 e. The number of rotatable bonds is 11. The van der Waals surface area contributed by atoms with E-state index in [1.165, 1.54) is 61.3 Å². The molecule has 0 fully saturated rings. The van der Waals surface area contributed by atoms with Crippen LogP contribution in [0.15, 0.2) is 65.3 Å². The molecular formula is C23H20N2O8S. The van der Waals surface area contributed by atoms with E-state index >= 15 is 0 Å². The van der Waals surface area contributed by atoms with Crippen molar-refractivity contribution in [1.82, 2.24) is 0 Å². The van der Waals surface area contributed by atoms with Crippen molar-refractivity contribution in [1.29, 1.82) is 0 Å². The van der Waals surface area contributed by atoms with Crippen LogP contribution >= 0.6 is 11.8 Å². The van der Waals surface area contributed by atoms with Crippen LogP contribution in [0.25, 0.3) is 0 Å². The summed E-state index contributed by atoms with van der Waals surface area (Å²) in [5.74, 6) is 0.203. The lowest BCUT2D eigenvalue weighted by Crippen LogP contribution is -2.17. The molecule has 0 atom stereocenters. The molecule has 0 aliphatic heterocycles. The third kappa shape index (κ3) is 6.69. The minimum atomic E-state index is -0.777. The summed E-state index contributed by atoms with van der Waals surface area (Å²) >= 11 is 1.36. The van der Waals surface area contributed by atoms with E-state index < -0.39 is 23.3 Å². The molecule has 0 aliphatic rings. The fourth-order valence-electron chi connectivity index (χ4n) is 2.82. The molecule has 34 heavy (non-hydrogen) atoms. The van der Waals surface area contributed by atoms with Crippen LogP contribution in [0.4, 0.5) is 11.4 Å². The van der Waals surface area contributed by atoms with Gasteiger partial charge in [0, 0.05) is 17.7 Å². The van der Waals surface area contributed by atoms with E-state index in [-0.39, 0.29) is 34.2 Å². The highest BCUT2D eigenvalue weighted by atomic mass is 32.2. The molecule has 0 aliphatic carbocycles. The van der Waals surface area contributed by atoms with Gasteiger partial charge in [-0.15, -0.1) is 11.8 Å². The highest BCUT2D eigenvalue weighted by Gasteiger charge is 2.16. The van der Waals surface area contributed by atoms with Crippen molar-refractivity contribution in [2.75, 3.05) is 24.8 Å². The first kappa shape index (κ1) is 24.5. The highest BCUT2D eigenvalue weighted by Crippen LogP contribution is 2.26. The predicted molar refractivity (Wildman–Crippen MR) is 124 cm³/mol. The van der Waals surface area contributed by atoms with Crippen molar-refractivity contribution in [3.05, 3.63) is 87.9 Å². The summed E-state index contributed by atoms with van der Waals surface area (Å²) < 4.78 is 15.5. The van der Waals surface area contributed by atoms with Crippen molar-refractivity contribution in [3.63, 3.8) is 0 Å². The zero-order valence-corrected chi connectivity index (χ0v) is 18.8. The number of nitrogens with zero attached hydrogens (tertiary/aromatic N) is 1. The minimum absolute atomic E-state index is 0.107. The van der Waals surface area contributed by atoms with E-state index in [1.807, 2.05) is 6.07 Å². The average molecular weight is 484 g/mol. The summed E-state index contributed by atoms with van der Waals surface area (Å²) in [4.78, 5) is 47.1. The van der Waals surface area contributed by atoms with Gasteiger partial charge in [-0.1, -0.05) is 0 Å². The Morgan fingerprint density at radius 3 is 2.47 bits per heavy atom. The second kappa shape index (κ2) is 11.7. The maximum absolute atomic E-state index is 12.4. The number of ether oxygens (including phenoxy) is 2. The zero-order valence-electron chi connectivity index (χ0n) is 18.0. The van der Waals surface area contributed by atoms with Gasteiger partial charge >= 0.3 is 5.97 Å². The Kier molecular flexibility index (Phi) is 8.41. The monoisotopic (exact) mass is 484 g/mol. The largest absolute Gasteiger partial charge is 0.495 e. The predicted octanol–water partition coefficient (Wildman–Crippen LogP) is 4.11. The number of ketones is 1. The van der Waals surface area contributed by atoms with E-state index in [0.717, 1.165) is 5.76 Å². The first-order chi connectivity index (χ1) is 16.4. The van der Waals surface area contributed by atoms with E-state index in [4.69, 9.17) is 13.9 Å². The zero-order chi connectivity index (χ0) is 24.5. The molecule has 1 N–H and O–H groups in total. The Labute approximate surface area is 198 Å². The number of nitrogens with one attached hydrogen (secondary N) is 1. The fraction of sp³-hybridized carbons (Fsp3) is 0.174. The molecule has 3 aromatic rings. The van der Waals surface area contributed by atoms with Crippen LogP contribution in [0.2, 0.25) is 0 Å². The van der Waals surface area contributed by atoms with Crippen LogP contribution in [0.1, 0.15) is 26.5 Å². The molecule has 1 amide bonds. The molecule has 11 heteroatoms. The number of Topliss-reactive ketones (excluding diaryl/α,β-unsaturated/α-hetero) is 1. The lowest BCUT2D eigenvalue weighted by molar-refractivity contribution is -0.384. The Balaban J connectivity index is 1.57. The van der Waals surface area contributed by atoms with Crippen LogP contribution in [-0.2, 0) is 15.3 Å². The van der Waals surface area contributed by atoms with Gasteiger partial charge in [0.25, 0.3) is 5.69 Å². The highest BCUT2D eigenvalue weighted by molar-refractivity contribution is 7.99. The number of carbonyl (C=O) groups excluding carboxylic acids is 3. The number of carbonyl (C=O) groups is 3. The van der Waals surface area contributed by atoms with Crippen LogP contribution in [0.3, 0.4) is 0 Å². The van der Waals surface area contributed by atoms with E-state index in [1.54, 1.807) is 12.3 Å². The number of anilines is 1. The van der Waals surface area contributed by atoms with Crippen LogP contribution in [0, 0.1) is 10.1 Å². The summed E-state index contributed by atoms with van der Waals surface area (Å²) in [5.41, 5.74) is 0.409. The Bertz CT molecular complexity index is 1180. The molecule has 10 nitrogen and oxygen atoms in total. The summed E-state index contributed by atoms with van der Waals surface area (Å²) in [5, 5.41) is 13.4. The average Bonchev–Trinajstić information content (AvgIpc) is 3.36. The van der Waals surface area contributed by atoms with Crippen molar-refractivity contribution in [2.45, 2.75) is 5.75 Å². The molecule has 0 saturated heterocycles. The molecule has 1 aromatic heterocycles. The number of nitro groups is 1. The molecular weight excluding hydrogens is 464 g/mol. The van der Waals surface area contributed by atoms with Crippen molar-refractivity contribution in [3.8, 4) is 5.75 Å². The number of hydrogen-bond donors (Lipinski definition) is 1. The first-order valence-electron chi connectivity index (χ1n) is 9.90. The number of esters is 1. The number of furan rings is 1. The molecule has 0 bridgehead atoms. The molecule has 0 radical (unpaired) electrons. The Morgan fingerprint density at radius 1 is 1.09 bits per heavy atom. The van der Waals surface area contributed by atoms with E-state index in [2.05, 4.69) is 5.32 Å². The van der Waals surface area contributed by atoms with Gasteiger partial charge in [-0.25, -0.2) is 4.79 Å². The lowest BCUT2D eigenvalue weighted by atomic mass is 10.1. The summed E-state index contributed by atoms with van der Waals surface area (Å²) in [6, 6.07) is 12.9. The molecule has 0 spiro atoms. The number of thioether (sulfide) groups is 1. The molecule has 1 heterocycles. The fourth-order valence-corrected chi connectivity index (χ4v) is 3.55. The molecule has 3 rings (SSSR count). The van der Waals surface area contributed by atoms with Crippen LogP contribution in [-0.4, -0.2) is 42.1 Å². The topological polar surface area (TPSA) is 138 Å². The quantitative estimate of drug-likeness (QED) is 0.184. The second-order valence-corrected chi connectivity index (χ2v) is 7.82. The van der Waals surface area contributed by atoms with E-state index in [9.17, 15) is 24.5 Å². The van der Waals surface area contributed by atoms with Crippen LogP contribution in [0.5, 0.6) is 5.75 Å². The van der Waals surface area contributed by atoms with Gasteiger partial charge in [0.1, 0.15) is 11.5 Å². The van der Waals surface area contributed by atoms with Gasteiger partial charge in [0.05, 0.1) is 41.1 Å². The first-order valence-corrected chi connectivity index (χ1v) is 11.1. The van der Waals surface area contributed by atoms with Crippen LogP contribution < -0.4 is 10.1 Å². The van der Waals surface area contributed by atoms with Gasteiger partial charge in [0.2, 0.25) is 5.91 Å².